The zero-order chi connectivity index (χ0) is 15.5. The minimum atomic E-state index is -0.788. The topological polar surface area (TPSA) is 102 Å². The quantitative estimate of drug-likeness (QED) is 0.646. The van der Waals surface area contributed by atoms with Gasteiger partial charge in [0.2, 0.25) is 5.75 Å². The zero-order valence-corrected chi connectivity index (χ0v) is 13.0. The van der Waals surface area contributed by atoms with Gasteiger partial charge in [0.25, 0.3) is 0 Å². The minimum absolute atomic E-state index is 0.0732. The second-order valence-electron chi connectivity index (χ2n) is 5.22. The largest absolute Gasteiger partial charge is 0.486 e. The Hall–Kier alpha value is -1.65. The molecule has 0 aromatic heterocycles. The summed E-state index contributed by atoms with van der Waals surface area (Å²) >= 11 is 3.26. The molecule has 0 radical (unpaired) electrons. The predicted octanol–water partition coefficient (Wildman–Crippen LogP) is 3.15. The monoisotopic (exact) mass is 353 g/mol. The maximum absolute atomic E-state index is 11.0. The van der Waals surface area contributed by atoms with Crippen molar-refractivity contribution in [3.05, 3.63) is 32.8 Å². The molecule has 112 valence electrons. The van der Waals surface area contributed by atoms with E-state index in [9.17, 15) is 10.1 Å². The lowest BCUT2D eigenvalue weighted by Crippen LogP contribution is -2.42. The summed E-state index contributed by atoms with van der Waals surface area (Å²) in [6.07, 6.45) is 3.14. The highest BCUT2D eigenvalue weighted by Gasteiger charge is 2.39. The Bertz CT molecular complexity index is 587. The first-order chi connectivity index (χ1) is 9.98. The highest BCUT2D eigenvalue weighted by atomic mass is 79.9. The van der Waals surface area contributed by atoms with Crippen molar-refractivity contribution in [3.63, 3.8) is 0 Å². The smallest absolute Gasteiger partial charge is 0.312 e. The van der Waals surface area contributed by atoms with Crippen LogP contribution < -0.4 is 10.5 Å². The number of nitro groups is 1. The summed E-state index contributed by atoms with van der Waals surface area (Å²) in [5, 5.41) is 20.1. The third-order valence-electron chi connectivity index (χ3n) is 3.94. The van der Waals surface area contributed by atoms with Gasteiger partial charge in [0.15, 0.2) is 0 Å². The second-order valence-corrected chi connectivity index (χ2v) is 6.08. The van der Waals surface area contributed by atoms with Crippen LogP contribution in [0.25, 0.3) is 0 Å². The molecule has 21 heavy (non-hydrogen) atoms. The van der Waals surface area contributed by atoms with Crippen molar-refractivity contribution in [2.24, 2.45) is 11.7 Å². The first-order valence-electron chi connectivity index (χ1n) is 6.74. The Kier molecular flexibility index (Phi) is 4.80. The van der Waals surface area contributed by atoms with Crippen LogP contribution in [0, 0.1) is 27.4 Å². The molecule has 2 unspecified atom stereocenters. The maximum atomic E-state index is 11.0. The van der Waals surface area contributed by atoms with Gasteiger partial charge in [0, 0.05) is 6.07 Å². The Morgan fingerprint density at radius 2 is 2.38 bits per heavy atom. The third kappa shape index (κ3) is 3.34. The van der Waals surface area contributed by atoms with Gasteiger partial charge in [-0.15, -0.1) is 0 Å². The van der Waals surface area contributed by atoms with Crippen LogP contribution in [0.15, 0.2) is 22.7 Å². The van der Waals surface area contributed by atoms with Crippen molar-refractivity contribution in [2.75, 3.05) is 6.61 Å². The number of para-hydroxylation sites is 1. The lowest BCUT2D eigenvalue weighted by atomic mass is 9.87. The highest BCUT2D eigenvalue weighted by Crippen LogP contribution is 2.37. The average Bonchev–Trinajstić information content (AvgIpc) is 2.82. The van der Waals surface area contributed by atoms with Gasteiger partial charge in [0.1, 0.15) is 5.54 Å². The number of ether oxygens (including phenoxy) is 1. The van der Waals surface area contributed by atoms with E-state index in [2.05, 4.69) is 22.0 Å². The van der Waals surface area contributed by atoms with Crippen molar-refractivity contribution < 1.29 is 9.66 Å². The number of rotatable bonds is 5. The fourth-order valence-electron chi connectivity index (χ4n) is 2.74. The summed E-state index contributed by atoms with van der Waals surface area (Å²) in [5.41, 5.74) is 5.19. The molecule has 0 amide bonds. The fourth-order valence-corrected chi connectivity index (χ4v) is 3.21. The van der Waals surface area contributed by atoms with Gasteiger partial charge in [-0.2, -0.15) is 5.26 Å². The van der Waals surface area contributed by atoms with E-state index in [1.807, 2.05) is 0 Å². The predicted molar refractivity (Wildman–Crippen MR) is 80.8 cm³/mol. The summed E-state index contributed by atoms with van der Waals surface area (Å²) in [4.78, 5) is 10.5. The Balaban J connectivity index is 2.02. The first-order valence-corrected chi connectivity index (χ1v) is 7.53. The lowest BCUT2D eigenvalue weighted by Gasteiger charge is -2.23. The summed E-state index contributed by atoms with van der Waals surface area (Å²) < 4.78 is 6.12. The summed E-state index contributed by atoms with van der Waals surface area (Å²) in [5.74, 6) is 0.295. The van der Waals surface area contributed by atoms with Gasteiger partial charge in [0.05, 0.1) is 22.1 Å². The summed E-state index contributed by atoms with van der Waals surface area (Å²) in [6.45, 7) is 0.300. The minimum Gasteiger partial charge on any atom is -0.486 e. The Morgan fingerprint density at radius 1 is 1.62 bits per heavy atom. The molecule has 2 atom stereocenters. The van der Waals surface area contributed by atoms with Gasteiger partial charge in [-0.05, 0) is 47.2 Å². The van der Waals surface area contributed by atoms with Gasteiger partial charge in [-0.25, -0.2) is 0 Å². The molecule has 0 bridgehead atoms. The van der Waals surface area contributed by atoms with E-state index >= 15 is 0 Å². The van der Waals surface area contributed by atoms with E-state index in [0.29, 0.717) is 23.9 Å². The first kappa shape index (κ1) is 15.7. The number of hydrogen-bond donors (Lipinski definition) is 1. The molecular formula is C14H16BrN3O3. The van der Waals surface area contributed by atoms with Gasteiger partial charge < -0.3 is 10.5 Å². The van der Waals surface area contributed by atoms with E-state index in [0.717, 1.165) is 12.8 Å². The summed E-state index contributed by atoms with van der Waals surface area (Å²) in [7, 11) is 0. The van der Waals surface area contributed by atoms with E-state index in [1.54, 1.807) is 12.1 Å². The number of nitrogens with two attached hydrogens (primary N) is 1. The SMILES string of the molecule is N#CC1(N)CCCC1CCOc1c(Br)cccc1[N+](=O)[O-]. The summed E-state index contributed by atoms with van der Waals surface area (Å²) in [6, 6.07) is 6.87. The van der Waals surface area contributed by atoms with Crippen LogP contribution in [0.4, 0.5) is 5.69 Å². The number of benzene rings is 1. The van der Waals surface area contributed by atoms with Crippen LogP contribution in [-0.4, -0.2) is 17.1 Å². The standard InChI is InChI=1S/C14H16BrN3O3/c15-11-4-1-5-12(18(19)20)13(11)21-8-6-10-3-2-7-14(10,17)9-16/h1,4-5,10H,2-3,6-8,17H2. The Morgan fingerprint density at radius 3 is 3.05 bits per heavy atom. The third-order valence-corrected chi connectivity index (χ3v) is 4.56. The zero-order valence-electron chi connectivity index (χ0n) is 11.4. The van der Waals surface area contributed by atoms with Crippen LogP contribution in [0.3, 0.4) is 0 Å². The Labute approximate surface area is 131 Å². The van der Waals surface area contributed by atoms with Crippen molar-refractivity contribution in [2.45, 2.75) is 31.2 Å². The number of halogens is 1. The van der Waals surface area contributed by atoms with E-state index in [4.69, 9.17) is 15.7 Å². The fraction of sp³-hybridized carbons (Fsp3) is 0.500. The molecule has 2 N–H and O–H groups in total. The molecular weight excluding hydrogens is 338 g/mol. The van der Waals surface area contributed by atoms with Crippen LogP contribution in [0.5, 0.6) is 5.75 Å². The molecule has 6 nitrogen and oxygen atoms in total. The lowest BCUT2D eigenvalue weighted by molar-refractivity contribution is -0.386. The van der Waals surface area contributed by atoms with E-state index in [1.165, 1.54) is 6.07 Å². The number of nitrogens with zero attached hydrogens (tertiary/aromatic N) is 2. The maximum Gasteiger partial charge on any atom is 0.312 e. The molecule has 0 saturated heterocycles. The molecule has 1 aliphatic rings. The molecule has 1 aliphatic carbocycles. The van der Waals surface area contributed by atoms with Gasteiger partial charge >= 0.3 is 5.69 Å². The van der Waals surface area contributed by atoms with Crippen molar-refractivity contribution in [1.29, 1.82) is 5.26 Å². The number of nitriles is 1. The van der Waals surface area contributed by atoms with Crippen LogP contribution in [0.1, 0.15) is 25.7 Å². The molecule has 0 spiro atoms. The normalized spacial score (nSPS) is 24.5. The van der Waals surface area contributed by atoms with Crippen molar-refractivity contribution in [3.8, 4) is 11.8 Å². The van der Waals surface area contributed by atoms with Crippen molar-refractivity contribution in [1.82, 2.24) is 0 Å². The average molecular weight is 354 g/mol. The van der Waals surface area contributed by atoms with Crippen LogP contribution >= 0.6 is 15.9 Å². The van der Waals surface area contributed by atoms with Crippen LogP contribution in [-0.2, 0) is 0 Å². The molecule has 2 rings (SSSR count). The number of nitro benzene ring substituents is 1. The molecule has 0 aliphatic heterocycles. The van der Waals surface area contributed by atoms with E-state index < -0.39 is 10.5 Å². The van der Waals surface area contributed by atoms with Crippen LogP contribution in [0.2, 0.25) is 0 Å². The molecule has 1 fully saturated rings. The molecule has 1 aromatic rings. The second kappa shape index (κ2) is 6.41. The van der Waals surface area contributed by atoms with Crippen molar-refractivity contribution >= 4 is 21.6 Å². The molecule has 7 heteroatoms. The number of hydrogen-bond acceptors (Lipinski definition) is 5. The van der Waals surface area contributed by atoms with Gasteiger partial charge in [-0.3, -0.25) is 10.1 Å². The highest BCUT2D eigenvalue weighted by molar-refractivity contribution is 9.10. The molecule has 0 heterocycles. The molecule has 1 saturated carbocycles. The molecule has 1 aromatic carbocycles. The van der Waals surface area contributed by atoms with Gasteiger partial charge in [-0.1, -0.05) is 12.5 Å². The van der Waals surface area contributed by atoms with E-state index in [-0.39, 0.29) is 17.4 Å².